The van der Waals surface area contributed by atoms with E-state index in [2.05, 4.69) is 10.3 Å². The summed E-state index contributed by atoms with van der Waals surface area (Å²) in [5, 5.41) is 2.68. The minimum atomic E-state index is -0.636. The fraction of sp³-hybridized carbons (Fsp3) is 0.120. The number of anilines is 1. The van der Waals surface area contributed by atoms with Crippen LogP contribution in [0.4, 0.5) is 10.1 Å². The predicted octanol–water partition coefficient (Wildman–Crippen LogP) is 5.50. The molecule has 0 spiro atoms. The smallest absolute Gasteiger partial charge is 0.266 e. The second-order valence-corrected chi connectivity index (χ2v) is 9.25. The van der Waals surface area contributed by atoms with Crippen molar-refractivity contribution in [1.29, 1.82) is 0 Å². The fourth-order valence-electron chi connectivity index (χ4n) is 3.29. The number of carbonyl (C=O) groups is 2. The zero-order valence-electron chi connectivity index (χ0n) is 18.2. The molecule has 0 aliphatic rings. The van der Waals surface area contributed by atoms with Crippen LogP contribution >= 0.6 is 23.4 Å². The number of rotatable bonds is 6. The van der Waals surface area contributed by atoms with Crippen molar-refractivity contribution >= 4 is 51.6 Å². The maximum absolute atomic E-state index is 13.7. The fourth-order valence-corrected chi connectivity index (χ4v) is 4.39. The van der Waals surface area contributed by atoms with Gasteiger partial charge in [-0.1, -0.05) is 35.5 Å². The summed E-state index contributed by atoms with van der Waals surface area (Å²) in [4.78, 5) is 42.2. The highest BCUT2D eigenvalue weighted by molar-refractivity contribution is 8.00. The number of halogens is 2. The summed E-state index contributed by atoms with van der Waals surface area (Å²) in [5.74, 6) is -0.986. The molecule has 1 unspecified atom stereocenters. The molecule has 1 N–H and O–H groups in total. The summed E-state index contributed by atoms with van der Waals surface area (Å²) >= 11 is 7.05. The summed E-state index contributed by atoms with van der Waals surface area (Å²) in [7, 11) is 0. The Balaban J connectivity index is 1.68. The number of aromatic nitrogens is 2. The highest BCUT2D eigenvalue weighted by Crippen LogP contribution is 2.27. The Kier molecular flexibility index (Phi) is 6.81. The van der Waals surface area contributed by atoms with Crippen LogP contribution in [-0.2, 0) is 4.79 Å². The Bertz CT molecular complexity index is 1470. The molecular weight excluding hydrogens is 477 g/mol. The number of benzene rings is 3. The lowest BCUT2D eigenvalue weighted by molar-refractivity contribution is -0.115. The monoisotopic (exact) mass is 495 g/mol. The molecule has 0 fully saturated rings. The van der Waals surface area contributed by atoms with Crippen molar-refractivity contribution in [3.8, 4) is 5.69 Å². The van der Waals surface area contributed by atoms with E-state index in [1.54, 1.807) is 55.5 Å². The first-order valence-electron chi connectivity index (χ1n) is 10.3. The average molecular weight is 496 g/mol. The van der Waals surface area contributed by atoms with Gasteiger partial charge in [0, 0.05) is 11.3 Å². The van der Waals surface area contributed by atoms with E-state index in [1.165, 1.54) is 29.7 Å². The number of hydrogen-bond donors (Lipinski definition) is 1. The normalized spacial score (nSPS) is 11.9. The van der Waals surface area contributed by atoms with Gasteiger partial charge in [-0.3, -0.25) is 19.0 Å². The third-order valence-corrected chi connectivity index (χ3v) is 6.46. The van der Waals surface area contributed by atoms with Gasteiger partial charge in [-0.15, -0.1) is 0 Å². The van der Waals surface area contributed by atoms with Gasteiger partial charge in [-0.2, -0.15) is 0 Å². The Labute approximate surface area is 203 Å². The predicted molar refractivity (Wildman–Crippen MR) is 133 cm³/mol. The number of thioether (sulfide) groups is 1. The first kappa shape index (κ1) is 23.7. The van der Waals surface area contributed by atoms with Crippen molar-refractivity contribution in [2.24, 2.45) is 0 Å². The molecule has 4 aromatic rings. The molecule has 1 heterocycles. The molecule has 0 saturated carbocycles. The lowest BCUT2D eigenvalue weighted by Crippen LogP contribution is -2.26. The number of amides is 1. The third kappa shape index (κ3) is 4.88. The molecule has 0 aliphatic heterocycles. The van der Waals surface area contributed by atoms with Crippen LogP contribution in [0, 0.1) is 5.82 Å². The second-order valence-electron chi connectivity index (χ2n) is 7.53. The van der Waals surface area contributed by atoms with Gasteiger partial charge in [0.2, 0.25) is 5.91 Å². The van der Waals surface area contributed by atoms with Gasteiger partial charge < -0.3 is 5.32 Å². The maximum Gasteiger partial charge on any atom is 0.266 e. The van der Waals surface area contributed by atoms with E-state index in [0.717, 1.165) is 11.8 Å². The van der Waals surface area contributed by atoms with Gasteiger partial charge in [-0.25, -0.2) is 9.37 Å². The van der Waals surface area contributed by atoms with Gasteiger partial charge in [0.1, 0.15) is 5.82 Å². The summed E-state index contributed by atoms with van der Waals surface area (Å²) in [6, 6.07) is 17.4. The largest absolute Gasteiger partial charge is 0.325 e. The molecule has 1 aromatic heterocycles. The van der Waals surface area contributed by atoms with Crippen LogP contribution in [0.3, 0.4) is 0 Å². The number of nitrogens with one attached hydrogen (secondary N) is 1. The van der Waals surface area contributed by atoms with Crippen molar-refractivity contribution in [3.05, 3.63) is 93.5 Å². The standard InChI is InChI=1S/C25H19ClFN3O3S/c1-14(31)16-7-9-17(10-8-16)28-23(32)15(2)34-25-29-22-6-4-3-5-19(22)24(33)30(25)18-11-12-21(27)20(26)13-18/h3-13,15H,1-2H3,(H,28,32). The lowest BCUT2D eigenvalue weighted by atomic mass is 10.1. The van der Waals surface area contributed by atoms with Crippen molar-refractivity contribution in [3.63, 3.8) is 0 Å². The third-order valence-electron chi connectivity index (χ3n) is 5.12. The van der Waals surface area contributed by atoms with Crippen LogP contribution < -0.4 is 10.9 Å². The maximum atomic E-state index is 13.7. The highest BCUT2D eigenvalue weighted by atomic mass is 35.5. The van der Waals surface area contributed by atoms with Crippen LogP contribution in [-0.4, -0.2) is 26.5 Å². The molecule has 1 amide bonds. The first-order valence-corrected chi connectivity index (χ1v) is 11.6. The summed E-state index contributed by atoms with van der Waals surface area (Å²) in [5.41, 5.74) is 1.54. The molecule has 1 atom stereocenters. The van der Waals surface area contributed by atoms with Crippen molar-refractivity contribution in [1.82, 2.24) is 9.55 Å². The number of para-hydroxylation sites is 1. The first-order chi connectivity index (χ1) is 16.2. The van der Waals surface area contributed by atoms with E-state index in [1.807, 2.05) is 0 Å². The lowest BCUT2D eigenvalue weighted by Gasteiger charge is -2.17. The Morgan fingerprint density at radius 1 is 1.09 bits per heavy atom. The topological polar surface area (TPSA) is 81.1 Å². The van der Waals surface area contributed by atoms with Gasteiger partial charge in [-0.05, 0) is 68.4 Å². The van der Waals surface area contributed by atoms with Gasteiger partial charge >= 0.3 is 0 Å². The summed E-state index contributed by atoms with van der Waals surface area (Å²) < 4.78 is 15.1. The minimum Gasteiger partial charge on any atom is -0.325 e. The Morgan fingerprint density at radius 3 is 2.47 bits per heavy atom. The molecule has 6 nitrogen and oxygen atoms in total. The molecule has 172 valence electrons. The number of nitrogens with zero attached hydrogens (tertiary/aromatic N) is 2. The Morgan fingerprint density at radius 2 is 1.79 bits per heavy atom. The highest BCUT2D eigenvalue weighted by Gasteiger charge is 2.21. The molecule has 3 aromatic carbocycles. The number of ketones is 1. The van der Waals surface area contributed by atoms with Gasteiger partial charge in [0.25, 0.3) is 5.56 Å². The zero-order valence-corrected chi connectivity index (χ0v) is 19.8. The SMILES string of the molecule is CC(=O)c1ccc(NC(=O)C(C)Sc2nc3ccccc3c(=O)n2-c2ccc(F)c(Cl)c2)cc1. The van der Waals surface area contributed by atoms with Crippen molar-refractivity contribution in [2.75, 3.05) is 5.32 Å². The molecule has 0 aliphatic carbocycles. The average Bonchev–Trinajstić information content (AvgIpc) is 2.81. The van der Waals surface area contributed by atoms with Crippen LogP contribution in [0.5, 0.6) is 0 Å². The van der Waals surface area contributed by atoms with E-state index in [-0.39, 0.29) is 27.4 Å². The van der Waals surface area contributed by atoms with Crippen molar-refractivity contribution < 1.29 is 14.0 Å². The van der Waals surface area contributed by atoms with Gasteiger partial charge in [0.05, 0.1) is 26.9 Å². The second kappa shape index (κ2) is 9.79. The number of carbonyl (C=O) groups excluding carboxylic acids is 2. The molecular formula is C25H19ClFN3O3S. The van der Waals surface area contributed by atoms with Crippen molar-refractivity contribution in [2.45, 2.75) is 24.3 Å². The molecule has 4 rings (SSSR count). The minimum absolute atomic E-state index is 0.0666. The van der Waals surface area contributed by atoms with E-state index in [4.69, 9.17) is 11.6 Å². The molecule has 0 bridgehead atoms. The zero-order chi connectivity index (χ0) is 24.4. The van der Waals surface area contributed by atoms with Crippen LogP contribution in [0.15, 0.2) is 76.7 Å². The van der Waals surface area contributed by atoms with E-state index in [9.17, 15) is 18.8 Å². The van der Waals surface area contributed by atoms with Crippen LogP contribution in [0.1, 0.15) is 24.2 Å². The van der Waals surface area contributed by atoms with Gasteiger partial charge in [0.15, 0.2) is 10.9 Å². The molecule has 0 saturated heterocycles. The molecule has 34 heavy (non-hydrogen) atoms. The number of Topliss-reactive ketones (excluding diaryl/α,β-unsaturated/α-hetero) is 1. The Hall–Kier alpha value is -3.49. The van der Waals surface area contributed by atoms with Crippen LogP contribution in [0.25, 0.3) is 16.6 Å². The summed E-state index contributed by atoms with van der Waals surface area (Å²) in [6.45, 7) is 3.16. The quantitative estimate of drug-likeness (QED) is 0.217. The molecule has 0 radical (unpaired) electrons. The van der Waals surface area contributed by atoms with Crippen LogP contribution in [0.2, 0.25) is 5.02 Å². The van der Waals surface area contributed by atoms with E-state index in [0.29, 0.717) is 27.8 Å². The molecule has 9 heteroatoms. The van der Waals surface area contributed by atoms with E-state index >= 15 is 0 Å². The van der Waals surface area contributed by atoms with E-state index < -0.39 is 11.1 Å². The number of hydrogen-bond acceptors (Lipinski definition) is 5. The summed E-state index contributed by atoms with van der Waals surface area (Å²) in [6.07, 6.45) is 0. The number of fused-ring (bicyclic) bond motifs is 1.